The van der Waals surface area contributed by atoms with Gasteiger partial charge in [0, 0.05) is 13.7 Å². The molecule has 0 atom stereocenters. The number of para-hydroxylation sites is 1. The highest BCUT2D eigenvalue weighted by Gasteiger charge is 2.13. The Bertz CT molecular complexity index is 1150. The van der Waals surface area contributed by atoms with Gasteiger partial charge in [-0.05, 0) is 30.3 Å². The van der Waals surface area contributed by atoms with Crippen LogP contribution in [0.4, 0.5) is 0 Å². The molecule has 0 aliphatic rings. The Morgan fingerprint density at radius 1 is 1.21 bits per heavy atom. The number of aromatic nitrogens is 1. The molecule has 0 spiro atoms. The van der Waals surface area contributed by atoms with Gasteiger partial charge in [-0.1, -0.05) is 29.5 Å². The summed E-state index contributed by atoms with van der Waals surface area (Å²) in [6.07, 6.45) is 0. The first-order valence-electron chi connectivity index (χ1n) is 8.29. The van der Waals surface area contributed by atoms with Crippen LogP contribution in [0.2, 0.25) is 0 Å². The van der Waals surface area contributed by atoms with Crippen LogP contribution >= 0.6 is 11.3 Å². The van der Waals surface area contributed by atoms with Crippen molar-refractivity contribution in [3.05, 3.63) is 53.3 Å². The Labute approximate surface area is 165 Å². The number of rotatable bonds is 7. The summed E-state index contributed by atoms with van der Waals surface area (Å²) < 4.78 is 36.2. The molecule has 3 aromatic rings. The van der Waals surface area contributed by atoms with E-state index in [0.717, 1.165) is 5.52 Å². The number of primary sulfonamides is 1. The van der Waals surface area contributed by atoms with E-state index in [1.807, 2.05) is 18.2 Å². The van der Waals surface area contributed by atoms with E-state index in [1.54, 1.807) is 29.9 Å². The van der Waals surface area contributed by atoms with Crippen molar-refractivity contribution >= 4 is 37.5 Å². The molecule has 0 fully saturated rings. The fourth-order valence-electron chi connectivity index (χ4n) is 2.52. The third kappa shape index (κ3) is 4.84. The van der Waals surface area contributed by atoms with Gasteiger partial charge >= 0.3 is 0 Å². The van der Waals surface area contributed by atoms with Crippen molar-refractivity contribution in [1.82, 2.24) is 4.57 Å². The van der Waals surface area contributed by atoms with Crippen molar-refractivity contribution in [3.63, 3.8) is 0 Å². The molecule has 8 nitrogen and oxygen atoms in total. The van der Waals surface area contributed by atoms with Crippen molar-refractivity contribution in [2.24, 2.45) is 10.1 Å². The molecule has 0 saturated heterocycles. The lowest BCUT2D eigenvalue weighted by Gasteiger charge is -2.05. The highest BCUT2D eigenvalue weighted by molar-refractivity contribution is 7.89. The summed E-state index contributed by atoms with van der Waals surface area (Å²) in [5.74, 6) is 0.126. The van der Waals surface area contributed by atoms with Crippen LogP contribution in [0.5, 0.6) is 5.75 Å². The first-order chi connectivity index (χ1) is 13.4. The summed E-state index contributed by atoms with van der Waals surface area (Å²) in [6, 6.07) is 13.5. The number of methoxy groups -OCH3 is 1. The average Bonchev–Trinajstić information content (AvgIpc) is 3.01. The molecule has 0 unspecified atom stereocenters. The first-order valence-corrected chi connectivity index (χ1v) is 10.7. The van der Waals surface area contributed by atoms with Gasteiger partial charge in [-0.3, -0.25) is 4.79 Å². The molecule has 1 aromatic heterocycles. The van der Waals surface area contributed by atoms with Gasteiger partial charge in [0.15, 0.2) is 11.4 Å². The summed E-state index contributed by atoms with van der Waals surface area (Å²) >= 11 is 1.20. The molecule has 0 bridgehead atoms. The van der Waals surface area contributed by atoms with E-state index >= 15 is 0 Å². The van der Waals surface area contributed by atoms with Crippen molar-refractivity contribution in [2.45, 2.75) is 11.4 Å². The second kappa shape index (κ2) is 8.65. The Hall–Kier alpha value is -2.53. The van der Waals surface area contributed by atoms with E-state index in [-0.39, 0.29) is 11.5 Å². The highest BCUT2D eigenvalue weighted by Crippen LogP contribution is 2.21. The largest absolute Gasteiger partial charge is 0.484 e. The van der Waals surface area contributed by atoms with Crippen LogP contribution in [0.1, 0.15) is 0 Å². The number of thiazole rings is 1. The van der Waals surface area contributed by atoms with Crippen LogP contribution in [-0.4, -0.2) is 39.2 Å². The normalized spacial score (nSPS) is 12.4. The molecule has 3 rings (SSSR count). The zero-order chi connectivity index (χ0) is 20.1. The van der Waals surface area contributed by atoms with Crippen LogP contribution in [0, 0.1) is 0 Å². The maximum Gasteiger partial charge on any atom is 0.286 e. The number of carbonyl (C=O) groups is 1. The molecule has 0 radical (unpaired) electrons. The Kier molecular flexibility index (Phi) is 6.25. The van der Waals surface area contributed by atoms with Crippen LogP contribution in [0.25, 0.3) is 10.2 Å². The number of fused-ring (bicyclic) bond motifs is 1. The number of hydrogen-bond donors (Lipinski definition) is 1. The van der Waals surface area contributed by atoms with Gasteiger partial charge in [0.1, 0.15) is 5.75 Å². The maximum atomic E-state index is 12.3. The molecular formula is C18H19N3O5S2. The Morgan fingerprint density at radius 3 is 2.64 bits per heavy atom. The molecule has 10 heteroatoms. The molecule has 0 saturated carbocycles. The molecule has 28 heavy (non-hydrogen) atoms. The molecular weight excluding hydrogens is 402 g/mol. The van der Waals surface area contributed by atoms with Crippen LogP contribution in [0.15, 0.2) is 58.4 Å². The number of sulfonamides is 1. The summed E-state index contributed by atoms with van der Waals surface area (Å²) in [5.41, 5.74) is 0.741. The van der Waals surface area contributed by atoms with E-state index in [2.05, 4.69) is 4.99 Å². The average molecular weight is 422 g/mol. The minimum atomic E-state index is -3.82. The third-order valence-electron chi connectivity index (χ3n) is 3.83. The van der Waals surface area contributed by atoms with E-state index in [1.165, 1.54) is 23.5 Å². The Morgan fingerprint density at radius 2 is 1.96 bits per heavy atom. The number of nitrogens with zero attached hydrogens (tertiary/aromatic N) is 2. The molecule has 0 aliphatic heterocycles. The van der Waals surface area contributed by atoms with Crippen LogP contribution in [0.3, 0.4) is 0 Å². The number of hydrogen-bond acceptors (Lipinski definition) is 6. The SMILES string of the molecule is COCCn1c(=NC(=O)COc2ccccc2)sc2cc(S(N)(=O)=O)ccc21. The molecule has 2 N–H and O–H groups in total. The second-order valence-corrected chi connectivity index (χ2v) is 8.38. The smallest absolute Gasteiger partial charge is 0.286 e. The molecule has 1 heterocycles. The van der Waals surface area contributed by atoms with Crippen LogP contribution in [-0.2, 0) is 26.1 Å². The molecule has 148 valence electrons. The first kappa shape index (κ1) is 20.2. The number of carbonyl (C=O) groups excluding carboxylic acids is 1. The van der Waals surface area contributed by atoms with Crippen molar-refractivity contribution in [3.8, 4) is 5.75 Å². The van der Waals surface area contributed by atoms with Crippen molar-refractivity contribution in [2.75, 3.05) is 20.3 Å². The standard InChI is InChI=1S/C18H19N3O5S2/c1-25-10-9-21-15-8-7-14(28(19,23)24)11-16(15)27-18(21)20-17(22)12-26-13-5-3-2-4-6-13/h2-8,11H,9-10,12H2,1H3,(H2,19,23,24). The van der Waals surface area contributed by atoms with Crippen molar-refractivity contribution < 1.29 is 22.7 Å². The summed E-state index contributed by atoms with van der Waals surface area (Å²) in [7, 11) is -2.25. The second-order valence-electron chi connectivity index (χ2n) is 5.81. The monoisotopic (exact) mass is 421 g/mol. The fourth-order valence-corrected chi connectivity index (χ4v) is 4.24. The Balaban J connectivity index is 1.95. The maximum absolute atomic E-state index is 12.3. The van der Waals surface area contributed by atoms with Gasteiger partial charge in [0.2, 0.25) is 10.0 Å². The molecule has 2 aromatic carbocycles. The number of ether oxygens (including phenoxy) is 2. The minimum absolute atomic E-state index is 0.00503. The van der Waals surface area contributed by atoms with Gasteiger partial charge in [0.25, 0.3) is 5.91 Å². The summed E-state index contributed by atoms with van der Waals surface area (Å²) in [4.78, 5) is 16.8. The fraction of sp³-hybridized carbons (Fsp3) is 0.222. The van der Waals surface area contributed by atoms with Gasteiger partial charge in [-0.25, -0.2) is 13.6 Å². The van der Waals surface area contributed by atoms with E-state index in [4.69, 9.17) is 14.6 Å². The van der Waals surface area contributed by atoms with Crippen molar-refractivity contribution in [1.29, 1.82) is 0 Å². The minimum Gasteiger partial charge on any atom is -0.484 e. The van der Waals surface area contributed by atoms with Gasteiger partial charge in [-0.15, -0.1) is 0 Å². The summed E-state index contributed by atoms with van der Waals surface area (Å²) in [5, 5.41) is 5.20. The predicted molar refractivity (Wildman–Crippen MR) is 106 cm³/mol. The quantitative estimate of drug-likeness (QED) is 0.621. The third-order valence-corrected chi connectivity index (χ3v) is 5.78. The zero-order valence-corrected chi connectivity index (χ0v) is 16.7. The summed E-state index contributed by atoms with van der Waals surface area (Å²) in [6.45, 7) is 0.659. The van der Waals surface area contributed by atoms with Crippen LogP contribution < -0.4 is 14.7 Å². The number of amides is 1. The van der Waals surface area contributed by atoms with E-state index in [9.17, 15) is 13.2 Å². The molecule has 1 amide bonds. The number of nitrogens with two attached hydrogens (primary N) is 1. The highest BCUT2D eigenvalue weighted by atomic mass is 32.2. The van der Waals surface area contributed by atoms with E-state index < -0.39 is 15.9 Å². The van der Waals surface area contributed by atoms with E-state index in [0.29, 0.717) is 28.4 Å². The predicted octanol–water partition coefficient (Wildman–Crippen LogP) is 1.50. The van der Waals surface area contributed by atoms with Gasteiger partial charge < -0.3 is 14.0 Å². The van der Waals surface area contributed by atoms with Gasteiger partial charge in [-0.2, -0.15) is 4.99 Å². The number of benzene rings is 2. The lowest BCUT2D eigenvalue weighted by molar-refractivity contribution is -0.120. The zero-order valence-electron chi connectivity index (χ0n) is 15.1. The topological polar surface area (TPSA) is 113 Å². The lowest BCUT2D eigenvalue weighted by Crippen LogP contribution is -2.21. The van der Waals surface area contributed by atoms with Gasteiger partial charge in [0.05, 0.1) is 21.7 Å². The molecule has 0 aliphatic carbocycles. The lowest BCUT2D eigenvalue weighted by atomic mass is 10.3.